The van der Waals surface area contributed by atoms with Crippen LogP contribution in [0.4, 0.5) is 0 Å². The lowest BCUT2D eigenvalue weighted by atomic mass is 10.0. The Balaban J connectivity index is 2.19. The number of amides is 4. The lowest BCUT2D eigenvalue weighted by molar-refractivity contribution is -0.142. The maximum Gasteiger partial charge on any atom is 0.326 e. The first-order chi connectivity index (χ1) is 17.4. The first-order valence-corrected chi connectivity index (χ1v) is 11.8. The summed E-state index contributed by atoms with van der Waals surface area (Å²) < 4.78 is 0. The molecule has 202 valence electrons. The number of nitrogens with two attached hydrogens (primary N) is 2. The number of aliphatic carboxylic acids is 1. The molecule has 0 aliphatic heterocycles. The molecule has 0 bridgehead atoms. The summed E-state index contributed by atoms with van der Waals surface area (Å²) in [5.41, 5.74) is 12.2. The van der Waals surface area contributed by atoms with Crippen LogP contribution in [0.25, 0.3) is 10.9 Å². The number of nitrogens with one attached hydrogen (secondary N) is 4. The largest absolute Gasteiger partial charge is 0.480 e. The fraction of sp³-hybridized carbons (Fsp3) is 0.458. The molecule has 0 saturated carbocycles. The molecule has 0 fully saturated rings. The Bertz CT molecular complexity index is 1130. The van der Waals surface area contributed by atoms with Gasteiger partial charge < -0.3 is 42.6 Å². The van der Waals surface area contributed by atoms with Gasteiger partial charge in [-0.05, 0) is 24.0 Å². The van der Waals surface area contributed by atoms with Gasteiger partial charge in [-0.3, -0.25) is 19.2 Å². The third kappa shape index (κ3) is 8.29. The van der Waals surface area contributed by atoms with Crippen LogP contribution in [-0.2, 0) is 30.4 Å². The number of aliphatic hydroxyl groups excluding tert-OH is 1. The summed E-state index contributed by atoms with van der Waals surface area (Å²) in [5, 5.41) is 27.0. The van der Waals surface area contributed by atoms with Gasteiger partial charge in [-0.2, -0.15) is 0 Å². The third-order valence-corrected chi connectivity index (χ3v) is 5.81. The van der Waals surface area contributed by atoms with Gasteiger partial charge in [0.15, 0.2) is 0 Å². The number of hydrogen-bond donors (Lipinski definition) is 8. The van der Waals surface area contributed by atoms with E-state index in [1.807, 2.05) is 18.2 Å². The molecule has 4 unspecified atom stereocenters. The second-order valence-corrected chi connectivity index (χ2v) is 9.05. The third-order valence-electron chi connectivity index (χ3n) is 5.81. The van der Waals surface area contributed by atoms with E-state index in [9.17, 15) is 29.1 Å². The molecule has 4 atom stereocenters. The quantitative estimate of drug-likeness (QED) is 0.146. The molecule has 13 nitrogen and oxygen atoms in total. The first kappa shape index (κ1) is 29.3. The molecule has 13 heteroatoms. The van der Waals surface area contributed by atoms with E-state index in [0.717, 1.165) is 10.9 Å². The SMILES string of the molecule is CC(C)C(NC(=O)C(N)CO)C(=O)NC(CCC(N)=O)C(=O)NC(Cc1c[nH]c2ccccc12)C(=O)O. The summed E-state index contributed by atoms with van der Waals surface area (Å²) in [4.78, 5) is 64.5. The monoisotopic (exact) mass is 518 g/mol. The standard InChI is InChI=1S/C24H34N6O7/c1-12(2)20(30-21(33)15(25)11-31)23(35)28-17(7-8-19(26)32)22(34)29-18(24(36)37)9-13-10-27-16-6-4-3-5-14(13)16/h3-6,10,12,15,17-18,20,27,31H,7-9,11,25H2,1-2H3,(H2,26,32)(H,28,35)(H,29,34)(H,30,33)(H,36,37). The minimum absolute atomic E-state index is 0.0364. The molecule has 0 aliphatic rings. The zero-order valence-electron chi connectivity index (χ0n) is 20.7. The molecule has 37 heavy (non-hydrogen) atoms. The van der Waals surface area contributed by atoms with Crippen molar-refractivity contribution in [2.45, 2.75) is 57.3 Å². The van der Waals surface area contributed by atoms with E-state index in [0.29, 0.717) is 5.56 Å². The number of primary amides is 1. The molecule has 0 saturated heterocycles. The van der Waals surface area contributed by atoms with Crippen LogP contribution in [0.15, 0.2) is 30.5 Å². The molecule has 2 aromatic rings. The Hall–Kier alpha value is -3.97. The van der Waals surface area contributed by atoms with Crippen LogP contribution >= 0.6 is 0 Å². The zero-order valence-corrected chi connectivity index (χ0v) is 20.7. The number of rotatable bonds is 14. The van der Waals surface area contributed by atoms with Crippen molar-refractivity contribution in [3.05, 3.63) is 36.0 Å². The number of carbonyl (C=O) groups excluding carboxylic acids is 4. The smallest absolute Gasteiger partial charge is 0.326 e. The highest BCUT2D eigenvalue weighted by Gasteiger charge is 2.32. The van der Waals surface area contributed by atoms with Crippen LogP contribution in [0.2, 0.25) is 0 Å². The fourth-order valence-electron chi connectivity index (χ4n) is 3.69. The van der Waals surface area contributed by atoms with E-state index in [2.05, 4.69) is 20.9 Å². The average Bonchev–Trinajstić information content (AvgIpc) is 3.26. The zero-order chi connectivity index (χ0) is 27.7. The average molecular weight is 519 g/mol. The fourth-order valence-corrected chi connectivity index (χ4v) is 3.69. The van der Waals surface area contributed by atoms with Gasteiger partial charge in [-0.15, -0.1) is 0 Å². The molecule has 1 aromatic heterocycles. The van der Waals surface area contributed by atoms with Gasteiger partial charge in [0, 0.05) is 29.9 Å². The lowest BCUT2D eigenvalue weighted by Crippen LogP contribution is -2.59. The highest BCUT2D eigenvalue weighted by atomic mass is 16.4. The minimum atomic E-state index is -1.33. The normalized spacial score (nSPS) is 14.4. The van der Waals surface area contributed by atoms with Gasteiger partial charge in [0.05, 0.1) is 6.61 Å². The topological polar surface area (TPSA) is 230 Å². The van der Waals surface area contributed by atoms with Crippen molar-refractivity contribution in [2.24, 2.45) is 17.4 Å². The van der Waals surface area contributed by atoms with Gasteiger partial charge in [-0.1, -0.05) is 32.0 Å². The molecule has 0 radical (unpaired) electrons. The summed E-state index contributed by atoms with van der Waals surface area (Å²) in [6, 6.07) is 2.29. The number of H-pyrrole nitrogens is 1. The van der Waals surface area contributed by atoms with Gasteiger partial charge in [0.25, 0.3) is 0 Å². The predicted molar refractivity (Wildman–Crippen MR) is 134 cm³/mol. The molecule has 0 spiro atoms. The molecule has 4 amide bonds. The summed E-state index contributed by atoms with van der Waals surface area (Å²) in [6.45, 7) is 2.67. The number of aliphatic hydroxyl groups is 1. The number of carboxylic acid groups (broad SMARTS) is 1. The molecule has 1 aromatic carbocycles. The molecular weight excluding hydrogens is 484 g/mol. The van der Waals surface area contributed by atoms with Crippen molar-refractivity contribution in [3.8, 4) is 0 Å². The van der Waals surface area contributed by atoms with Crippen LogP contribution in [0.5, 0.6) is 0 Å². The van der Waals surface area contributed by atoms with Crippen molar-refractivity contribution in [1.29, 1.82) is 0 Å². The van der Waals surface area contributed by atoms with Gasteiger partial charge in [0.1, 0.15) is 24.2 Å². The molecule has 2 rings (SSSR count). The number of hydrogen-bond acceptors (Lipinski definition) is 7. The van der Waals surface area contributed by atoms with Crippen LogP contribution in [0.1, 0.15) is 32.3 Å². The Morgan fingerprint density at radius 1 is 0.973 bits per heavy atom. The lowest BCUT2D eigenvalue weighted by Gasteiger charge is -2.26. The maximum absolute atomic E-state index is 13.1. The van der Waals surface area contributed by atoms with Gasteiger partial charge in [-0.25, -0.2) is 4.79 Å². The number of fused-ring (bicyclic) bond motifs is 1. The van der Waals surface area contributed by atoms with Crippen molar-refractivity contribution in [2.75, 3.05) is 6.61 Å². The number of carbonyl (C=O) groups is 5. The molecular formula is C24H34N6O7. The van der Waals surface area contributed by atoms with Crippen LogP contribution in [0, 0.1) is 5.92 Å². The van der Waals surface area contributed by atoms with Crippen molar-refractivity contribution < 1.29 is 34.2 Å². The van der Waals surface area contributed by atoms with Crippen LogP contribution in [0.3, 0.4) is 0 Å². The Kier molecular flexibility index (Phi) is 10.6. The van der Waals surface area contributed by atoms with Crippen molar-refractivity contribution in [1.82, 2.24) is 20.9 Å². The number of para-hydroxylation sites is 1. The predicted octanol–water partition coefficient (Wildman–Crippen LogP) is -1.51. The first-order valence-electron chi connectivity index (χ1n) is 11.8. The second kappa shape index (κ2) is 13.4. The minimum Gasteiger partial charge on any atom is -0.480 e. The Morgan fingerprint density at radius 2 is 1.62 bits per heavy atom. The van der Waals surface area contributed by atoms with E-state index in [1.54, 1.807) is 26.1 Å². The van der Waals surface area contributed by atoms with Crippen LogP contribution in [-0.4, -0.2) is 75.6 Å². The van der Waals surface area contributed by atoms with Crippen molar-refractivity contribution in [3.63, 3.8) is 0 Å². The maximum atomic E-state index is 13.1. The highest BCUT2D eigenvalue weighted by molar-refractivity contribution is 5.94. The van der Waals surface area contributed by atoms with Crippen LogP contribution < -0.4 is 27.4 Å². The number of aromatic nitrogens is 1. The van der Waals surface area contributed by atoms with Gasteiger partial charge in [0.2, 0.25) is 23.6 Å². The summed E-state index contributed by atoms with van der Waals surface area (Å²) in [7, 11) is 0. The summed E-state index contributed by atoms with van der Waals surface area (Å²) in [6.07, 6.45) is 1.17. The summed E-state index contributed by atoms with van der Waals surface area (Å²) in [5.74, 6) is -4.78. The number of aromatic amines is 1. The van der Waals surface area contributed by atoms with E-state index in [4.69, 9.17) is 16.6 Å². The second-order valence-electron chi connectivity index (χ2n) is 9.05. The van der Waals surface area contributed by atoms with E-state index >= 15 is 0 Å². The molecule has 1 heterocycles. The summed E-state index contributed by atoms with van der Waals surface area (Å²) >= 11 is 0. The van der Waals surface area contributed by atoms with Crippen molar-refractivity contribution >= 4 is 40.5 Å². The van der Waals surface area contributed by atoms with E-state index in [1.165, 1.54) is 0 Å². The number of benzene rings is 1. The molecule has 10 N–H and O–H groups in total. The van der Waals surface area contributed by atoms with Gasteiger partial charge >= 0.3 is 5.97 Å². The highest BCUT2D eigenvalue weighted by Crippen LogP contribution is 2.19. The van der Waals surface area contributed by atoms with E-state index < -0.39 is 66.3 Å². The molecule has 0 aliphatic carbocycles. The Labute approximate surface area is 213 Å². The number of carboxylic acids is 1. The van der Waals surface area contributed by atoms with E-state index in [-0.39, 0.29) is 19.3 Å². The Morgan fingerprint density at radius 3 is 2.22 bits per heavy atom.